The maximum Gasteiger partial charge on any atom is 0.0396 e. The largest absolute Gasteiger partial charge is 0.369 e. The molecule has 0 saturated carbocycles. The monoisotopic (exact) mass is 377 g/mol. The molecule has 0 aliphatic carbocycles. The number of nitrogens with zero attached hydrogens (tertiary/aromatic N) is 3. The van der Waals surface area contributed by atoms with Crippen LogP contribution in [0.15, 0.2) is 54.6 Å². The number of aryl methyl sites for hydroxylation is 1. The number of hydrogen-bond acceptors (Lipinski definition) is 3. The van der Waals surface area contributed by atoms with Crippen LogP contribution in [0.2, 0.25) is 0 Å². The molecule has 0 aromatic heterocycles. The van der Waals surface area contributed by atoms with E-state index in [1.54, 1.807) is 0 Å². The summed E-state index contributed by atoms with van der Waals surface area (Å²) >= 11 is 0. The van der Waals surface area contributed by atoms with Gasteiger partial charge in [0.2, 0.25) is 0 Å². The number of rotatable bonds is 5. The Balaban J connectivity index is 1.24. The summed E-state index contributed by atoms with van der Waals surface area (Å²) in [6.07, 6.45) is 3.81. The van der Waals surface area contributed by atoms with E-state index in [0.29, 0.717) is 6.04 Å². The van der Waals surface area contributed by atoms with Gasteiger partial charge in [0.05, 0.1) is 0 Å². The van der Waals surface area contributed by atoms with Gasteiger partial charge in [0.25, 0.3) is 0 Å². The Hall–Kier alpha value is -1.84. The lowest BCUT2D eigenvalue weighted by Gasteiger charge is -2.44. The molecule has 4 rings (SSSR count). The molecule has 0 amide bonds. The summed E-state index contributed by atoms with van der Waals surface area (Å²) in [5.41, 5.74) is 4.29. The second kappa shape index (κ2) is 9.11. The van der Waals surface area contributed by atoms with Gasteiger partial charge < -0.3 is 9.80 Å². The van der Waals surface area contributed by atoms with E-state index in [4.69, 9.17) is 0 Å². The Morgan fingerprint density at radius 3 is 2.14 bits per heavy atom. The van der Waals surface area contributed by atoms with Crippen LogP contribution in [-0.4, -0.2) is 61.2 Å². The molecule has 1 unspecified atom stereocenters. The highest BCUT2D eigenvalue weighted by Gasteiger charge is 2.29. The Morgan fingerprint density at radius 1 is 0.821 bits per heavy atom. The van der Waals surface area contributed by atoms with Crippen molar-refractivity contribution in [1.82, 2.24) is 9.80 Å². The fraction of sp³-hybridized carbons (Fsp3) is 0.520. The SMILES string of the molecule is Cc1ccccc1N1CCN(C2CCN(C(C)Cc3ccccc3)CC2)CC1. The Labute approximate surface area is 171 Å². The fourth-order valence-corrected chi connectivity index (χ4v) is 5.02. The van der Waals surface area contributed by atoms with Crippen molar-refractivity contribution in [3.63, 3.8) is 0 Å². The van der Waals surface area contributed by atoms with E-state index in [0.717, 1.165) is 19.1 Å². The molecule has 2 fully saturated rings. The van der Waals surface area contributed by atoms with E-state index < -0.39 is 0 Å². The molecular formula is C25H35N3. The predicted molar refractivity (Wildman–Crippen MR) is 119 cm³/mol. The third-order valence-corrected chi connectivity index (χ3v) is 6.78. The van der Waals surface area contributed by atoms with Crippen molar-refractivity contribution < 1.29 is 0 Å². The minimum atomic E-state index is 0.640. The van der Waals surface area contributed by atoms with Crippen molar-refractivity contribution in [2.24, 2.45) is 0 Å². The number of likely N-dealkylation sites (tertiary alicyclic amines) is 1. The van der Waals surface area contributed by atoms with E-state index in [-0.39, 0.29) is 0 Å². The first-order valence-corrected chi connectivity index (χ1v) is 11.0. The number of piperidine rings is 1. The third-order valence-electron chi connectivity index (χ3n) is 6.78. The molecule has 0 N–H and O–H groups in total. The quantitative estimate of drug-likeness (QED) is 0.773. The van der Waals surface area contributed by atoms with Crippen molar-refractivity contribution in [2.45, 2.75) is 45.2 Å². The minimum Gasteiger partial charge on any atom is -0.369 e. The summed E-state index contributed by atoms with van der Waals surface area (Å²) < 4.78 is 0. The van der Waals surface area contributed by atoms with Gasteiger partial charge in [0, 0.05) is 44.0 Å². The number of benzene rings is 2. The molecule has 2 aromatic carbocycles. The van der Waals surface area contributed by atoms with Gasteiger partial charge in [-0.3, -0.25) is 4.90 Å². The molecule has 2 aliphatic rings. The summed E-state index contributed by atoms with van der Waals surface area (Å²) in [5, 5.41) is 0. The Morgan fingerprint density at radius 2 is 1.46 bits per heavy atom. The lowest BCUT2D eigenvalue weighted by Crippen LogP contribution is -2.54. The number of piperazine rings is 1. The van der Waals surface area contributed by atoms with Crippen molar-refractivity contribution in [1.29, 1.82) is 0 Å². The average molecular weight is 378 g/mol. The van der Waals surface area contributed by atoms with Crippen molar-refractivity contribution in [2.75, 3.05) is 44.2 Å². The summed E-state index contributed by atoms with van der Waals surface area (Å²) in [6.45, 7) is 11.9. The smallest absolute Gasteiger partial charge is 0.0396 e. The van der Waals surface area contributed by atoms with Crippen LogP contribution in [0.4, 0.5) is 5.69 Å². The van der Waals surface area contributed by atoms with Crippen molar-refractivity contribution in [3.05, 3.63) is 65.7 Å². The zero-order valence-electron chi connectivity index (χ0n) is 17.6. The van der Waals surface area contributed by atoms with E-state index in [1.807, 2.05) is 0 Å². The topological polar surface area (TPSA) is 9.72 Å². The molecule has 150 valence electrons. The Kier molecular flexibility index (Phi) is 6.33. The third kappa shape index (κ3) is 4.59. The lowest BCUT2D eigenvalue weighted by molar-refractivity contribution is 0.0841. The number of hydrogen-bond donors (Lipinski definition) is 0. The molecule has 3 heteroatoms. The first-order chi connectivity index (χ1) is 13.7. The highest BCUT2D eigenvalue weighted by molar-refractivity contribution is 5.53. The fourth-order valence-electron chi connectivity index (χ4n) is 5.02. The molecule has 0 bridgehead atoms. The maximum absolute atomic E-state index is 2.76. The summed E-state index contributed by atoms with van der Waals surface area (Å²) in [5.74, 6) is 0. The van der Waals surface area contributed by atoms with Crippen LogP contribution in [0, 0.1) is 6.92 Å². The minimum absolute atomic E-state index is 0.640. The van der Waals surface area contributed by atoms with Gasteiger partial charge in [-0.1, -0.05) is 48.5 Å². The number of para-hydroxylation sites is 1. The van der Waals surface area contributed by atoms with E-state index in [1.165, 1.54) is 62.3 Å². The molecule has 1 atom stereocenters. The maximum atomic E-state index is 2.76. The van der Waals surface area contributed by atoms with Crippen LogP contribution in [0.5, 0.6) is 0 Å². The van der Waals surface area contributed by atoms with E-state index in [2.05, 4.69) is 83.1 Å². The van der Waals surface area contributed by atoms with Gasteiger partial charge in [0.15, 0.2) is 0 Å². The normalized spacial score (nSPS) is 21.0. The van der Waals surface area contributed by atoms with Crippen LogP contribution in [0.25, 0.3) is 0 Å². The molecular weight excluding hydrogens is 342 g/mol. The van der Waals surface area contributed by atoms with Crippen LogP contribution < -0.4 is 4.90 Å². The summed E-state index contributed by atoms with van der Waals surface area (Å²) in [6, 6.07) is 21.2. The molecule has 2 saturated heterocycles. The van der Waals surface area contributed by atoms with Crippen LogP contribution in [0.3, 0.4) is 0 Å². The van der Waals surface area contributed by atoms with Crippen LogP contribution >= 0.6 is 0 Å². The summed E-state index contributed by atoms with van der Waals surface area (Å²) in [7, 11) is 0. The molecule has 3 nitrogen and oxygen atoms in total. The van der Waals surface area contributed by atoms with Gasteiger partial charge in [0.1, 0.15) is 0 Å². The van der Waals surface area contributed by atoms with Gasteiger partial charge in [-0.15, -0.1) is 0 Å². The van der Waals surface area contributed by atoms with Gasteiger partial charge >= 0.3 is 0 Å². The van der Waals surface area contributed by atoms with Gasteiger partial charge in [-0.05, 0) is 63.4 Å². The molecule has 0 spiro atoms. The zero-order valence-corrected chi connectivity index (χ0v) is 17.6. The van der Waals surface area contributed by atoms with E-state index in [9.17, 15) is 0 Å². The van der Waals surface area contributed by atoms with Crippen LogP contribution in [-0.2, 0) is 6.42 Å². The second-order valence-corrected chi connectivity index (χ2v) is 8.62. The van der Waals surface area contributed by atoms with Gasteiger partial charge in [-0.2, -0.15) is 0 Å². The highest BCUT2D eigenvalue weighted by atomic mass is 15.3. The second-order valence-electron chi connectivity index (χ2n) is 8.62. The molecule has 2 aromatic rings. The van der Waals surface area contributed by atoms with E-state index >= 15 is 0 Å². The first-order valence-electron chi connectivity index (χ1n) is 11.0. The Bertz CT molecular complexity index is 728. The molecule has 2 aliphatic heterocycles. The van der Waals surface area contributed by atoms with Crippen LogP contribution in [0.1, 0.15) is 30.9 Å². The zero-order chi connectivity index (χ0) is 19.3. The molecule has 28 heavy (non-hydrogen) atoms. The highest BCUT2D eigenvalue weighted by Crippen LogP contribution is 2.24. The molecule has 0 radical (unpaired) electrons. The predicted octanol–water partition coefficient (Wildman–Crippen LogP) is 4.21. The average Bonchev–Trinajstić information content (AvgIpc) is 2.75. The number of anilines is 1. The lowest BCUT2D eigenvalue weighted by atomic mass is 9.98. The molecule has 2 heterocycles. The van der Waals surface area contributed by atoms with Crippen molar-refractivity contribution >= 4 is 5.69 Å². The van der Waals surface area contributed by atoms with Crippen molar-refractivity contribution in [3.8, 4) is 0 Å². The summed E-state index contributed by atoms with van der Waals surface area (Å²) in [4.78, 5) is 8.03. The standard InChI is InChI=1S/C25H35N3/c1-21-8-6-7-11-25(21)28-18-16-27(17-19-28)24-12-14-26(15-13-24)22(2)20-23-9-4-3-5-10-23/h3-11,22,24H,12-20H2,1-2H3. The first kappa shape index (κ1) is 19.5. The van der Waals surface area contributed by atoms with Gasteiger partial charge in [-0.25, -0.2) is 0 Å².